The molecule has 3 saturated carbocycles. The average molecular weight is 520 g/mol. The minimum atomic E-state index is -0.292. The third-order valence-electron chi connectivity index (χ3n) is 8.62. The van der Waals surface area contributed by atoms with Gasteiger partial charge in [0.1, 0.15) is 11.7 Å². The average Bonchev–Trinajstić information content (AvgIpc) is 2.63. The van der Waals surface area contributed by atoms with Crippen molar-refractivity contribution in [3.8, 4) is 0 Å². The van der Waals surface area contributed by atoms with Gasteiger partial charge in [0.05, 0.1) is 0 Å². The highest BCUT2D eigenvalue weighted by Gasteiger charge is 2.66. The van der Waals surface area contributed by atoms with Gasteiger partial charge in [-0.2, -0.15) is 0 Å². The molecule has 1 saturated heterocycles. The third kappa shape index (κ3) is 3.11. The predicted molar refractivity (Wildman–Crippen MR) is 115 cm³/mol. The standard InChI is InChI=1S/C22H32Br2O4/c1-4-18(25)27-13-7-9-20(2)15-8-10-21(3)16(5-6-19(26)28-21)14(15)11-17(23)22(20,24)12-13/h13-17H,4-12H2,1-3H3/t13-,14+,15-,16-,17+,20+,21-,22-/m0/s1. The van der Waals surface area contributed by atoms with Crippen molar-refractivity contribution >= 4 is 43.8 Å². The van der Waals surface area contributed by atoms with Gasteiger partial charge in [-0.05, 0) is 62.7 Å². The van der Waals surface area contributed by atoms with Gasteiger partial charge in [0, 0.05) is 34.3 Å². The second-order valence-electron chi connectivity index (χ2n) is 9.93. The second kappa shape index (κ2) is 7.25. The Balaban J connectivity index is 1.60. The molecule has 0 aromatic heterocycles. The molecular weight excluding hydrogens is 488 g/mol. The molecule has 4 aliphatic rings. The summed E-state index contributed by atoms with van der Waals surface area (Å²) in [4.78, 5) is 24.1. The van der Waals surface area contributed by atoms with E-state index < -0.39 is 0 Å². The molecule has 0 spiro atoms. The first kappa shape index (κ1) is 21.1. The molecule has 4 rings (SSSR count). The summed E-state index contributed by atoms with van der Waals surface area (Å²) in [5.74, 6) is 1.51. The van der Waals surface area contributed by atoms with Gasteiger partial charge < -0.3 is 9.47 Å². The zero-order valence-electron chi connectivity index (χ0n) is 17.1. The molecule has 1 aliphatic heterocycles. The summed E-state index contributed by atoms with van der Waals surface area (Å²) in [7, 11) is 0. The number of rotatable bonds is 2. The van der Waals surface area contributed by atoms with Crippen LogP contribution in [0, 0.1) is 23.2 Å². The van der Waals surface area contributed by atoms with Crippen LogP contribution in [0.25, 0.3) is 0 Å². The number of fused-ring (bicyclic) bond motifs is 5. The summed E-state index contributed by atoms with van der Waals surface area (Å²) in [5.41, 5.74) is -0.151. The van der Waals surface area contributed by atoms with Crippen LogP contribution in [0.3, 0.4) is 0 Å². The minimum Gasteiger partial charge on any atom is -0.462 e. The largest absolute Gasteiger partial charge is 0.462 e. The van der Waals surface area contributed by atoms with Crippen molar-refractivity contribution in [2.75, 3.05) is 0 Å². The summed E-state index contributed by atoms with van der Waals surface area (Å²) < 4.78 is 11.6. The molecule has 4 fully saturated rings. The molecule has 1 heterocycles. The highest BCUT2D eigenvalue weighted by molar-refractivity contribution is 9.12. The third-order valence-corrected chi connectivity index (χ3v) is 12.2. The molecular formula is C22H32Br2O4. The Labute approximate surface area is 185 Å². The second-order valence-corrected chi connectivity index (χ2v) is 12.5. The van der Waals surface area contributed by atoms with Crippen LogP contribution in [0.1, 0.15) is 78.6 Å². The van der Waals surface area contributed by atoms with Crippen molar-refractivity contribution in [1.82, 2.24) is 0 Å². The van der Waals surface area contributed by atoms with E-state index >= 15 is 0 Å². The quantitative estimate of drug-likeness (QED) is 0.355. The molecule has 158 valence electrons. The van der Waals surface area contributed by atoms with E-state index in [1.165, 1.54) is 0 Å². The molecule has 8 atom stereocenters. The maximum atomic E-state index is 12.0. The minimum absolute atomic E-state index is 0.000918. The Morgan fingerprint density at radius 1 is 1.21 bits per heavy atom. The lowest BCUT2D eigenvalue weighted by Gasteiger charge is -2.66. The van der Waals surface area contributed by atoms with Crippen molar-refractivity contribution in [3.05, 3.63) is 0 Å². The fraction of sp³-hybridized carbons (Fsp3) is 0.909. The maximum absolute atomic E-state index is 12.0. The zero-order valence-corrected chi connectivity index (χ0v) is 20.3. The molecule has 0 N–H and O–H groups in total. The van der Waals surface area contributed by atoms with E-state index in [1.807, 2.05) is 6.92 Å². The number of alkyl halides is 2. The Hall–Kier alpha value is -0.100. The molecule has 28 heavy (non-hydrogen) atoms. The summed E-state index contributed by atoms with van der Waals surface area (Å²) >= 11 is 8.24. The molecule has 6 heteroatoms. The van der Waals surface area contributed by atoms with Crippen LogP contribution in [0.4, 0.5) is 0 Å². The molecule has 0 aromatic carbocycles. The lowest BCUT2D eigenvalue weighted by atomic mass is 9.45. The summed E-state index contributed by atoms with van der Waals surface area (Å²) in [5, 5.41) is 0. The molecule has 3 aliphatic carbocycles. The van der Waals surface area contributed by atoms with Gasteiger partial charge in [-0.1, -0.05) is 45.7 Å². The van der Waals surface area contributed by atoms with E-state index in [1.54, 1.807) is 0 Å². The molecule has 0 amide bonds. The fourth-order valence-electron chi connectivity index (χ4n) is 7.03. The fourth-order valence-corrected chi connectivity index (χ4v) is 9.22. The van der Waals surface area contributed by atoms with Crippen molar-refractivity contribution in [1.29, 1.82) is 0 Å². The van der Waals surface area contributed by atoms with Gasteiger partial charge in [0.25, 0.3) is 0 Å². The number of hydrogen-bond acceptors (Lipinski definition) is 4. The van der Waals surface area contributed by atoms with Gasteiger partial charge in [-0.3, -0.25) is 9.59 Å². The van der Waals surface area contributed by atoms with Crippen LogP contribution in [0.15, 0.2) is 0 Å². The summed E-state index contributed by atoms with van der Waals surface area (Å²) in [6.45, 7) is 6.46. The van der Waals surface area contributed by atoms with Crippen LogP contribution in [0.5, 0.6) is 0 Å². The van der Waals surface area contributed by atoms with Gasteiger partial charge in [0.2, 0.25) is 0 Å². The van der Waals surface area contributed by atoms with Crippen LogP contribution < -0.4 is 0 Å². The highest BCUT2D eigenvalue weighted by atomic mass is 79.9. The number of esters is 2. The van der Waals surface area contributed by atoms with Crippen molar-refractivity contribution in [2.45, 2.75) is 99.4 Å². The number of hydrogen-bond donors (Lipinski definition) is 0. The van der Waals surface area contributed by atoms with Crippen LogP contribution in [-0.2, 0) is 19.1 Å². The van der Waals surface area contributed by atoms with Gasteiger partial charge in [0.15, 0.2) is 0 Å². The molecule has 0 unspecified atom stereocenters. The predicted octanol–water partition coefficient (Wildman–Crippen LogP) is 5.54. The van der Waals surface area contributed by atoms with E-state index in [4.69, 9.17) is 9.47 Å². The monoisotopic (exact) mass is 518 g/mol. The SMILES string of the molecule is CCC(=O)O[C@H]1CC[C@]2(C)[C@H]3CC[C@]4(C)OC(=O)CC[C@H]4[C@@H]3C[C@@H](Br)[C@@]2(Br)C1. The Morgan fingerprint density at radius 3 is 2.68 bits per heavy atom. The van der Waals surface area contributed by atoms with E-state index in [0.717, 1.165) is 44.9 Å². The highest BCUT2D eigenvalue weighted by Crippen LogP contribution is 2.68. The number of carbonyl (C=O) groups excluding carboxylic acids is 2. The van der Waals surface area contributed by atoms with E-state index in [-0.39, 0.29) is 33.4 Å². The van der Waals surface area contributed by atoms with Gasteiger partial charge in [-0.25, -0.2) is 0 Å². The van der Waals surface area contributed by atoms with Crippen LogP contribution in [-0.4, -0.2) is 32.8 Å². The normalized spacial score (nSPS) is 50.6. The maximum Gasteiger partial charge on any atom is 0.306 e. The number of ether oxygens (including phenoxy) is 2. The Bertz CT molecular complexity index is 669. The summed E-state index contributed by atoms with van der Waals surface area (Å²) in [6.07, 6.45) is 7.97. The first-order chi connectivity index (χ1) is 13.1. The van der Waals surface area contributed by atoms with E-state index in [0.29, 0.717) is 35.4 Å². The summed E-state index contributed by atoms with van der Waals surface area (Å²) in [6, 6.07) is 0. The van der Waals surface area contributed by atoms with Gasteiger partial charge >= 0.3 is 11.9 Å². The van der Waals surface area contributed by atoms with Crippen LogP contribution in [0.2, 0.25) is 0 Å². The molecule has 0 aromatic rings. The topological polar surface area (TPSA) is 52.6 Å². The van der Waals surface area contributed by atoms with E-state index in [9.17, 15) is 9.59 Å². The zero-order chi connectivity index (χ0) is 20.3. The first-order valence-corrected chi connectivity index (χ1v) is 12.6. The van der Waals surface area contributed by atoms with Crippen molar-refractivity contribution in [2.24, 2.45) is 23.2 Å². The lowest BCUT2D eigenvalue weighted by molar-refractivity contribution is -0.201. The van der Waals surface area contributed by atoms with Gasteiger partial charge in [-0.15, -0.1) is 0 Å². The lowest BCUT2D eigenvalue weighted by Crippen LogP contribution is -2.66. The van der Waals surface area contributed by atoms with E-state index in [2.05, 4.69) is 45.7 Å². The van der Waals surface area contributed by atoms with Crippen LogP contribution >= 0.6 is 31.9 Å². The smallest absolute Gasteiger partial charge is 0.306 e. The van der Waals surface area contributed by atoms with Crippen molar-refractivity contribution < 1.29 is 19.1 Å². The molecule has 4 nitrogen and oxygen atoms in total. The Kier molecular flexibility index (Phi) is 5.47. The number of halogens is 2. The Morgan fingerprint density at radius 2 is 1.96 bits per heavy atom. The molecule has 0 radical (unpaired) electrons. The van der Waals surface area contributed by atoms with Crippen molar-refractivity contribution in [3.63, 3.8) is 0 Å². The first-order valence-electron chi connectivity index (χ1n) is 10.9. The molecule has 0 bridgehead atoms. The number of carbonyl (C=O) groups is 2.